The fourth-order valence-corrected chi connectivity index (χ4v) is 9.94. The zero-order valence-corrected chi connectivity index (χ0v) is 43.8. The number of carbonyl (C=O) groups excluding carboxylic acids is 3. The molecule has 20 nitrogen and oxygen atoms in total. The number of nitrogens with one attached hydrogen (secondary N) is 4. The van der Waals surface area contributed by atoms with E-state index in [4.69, 9.17) is 19.9 Å². The number of rotatable bonds is 22. The molecule has 5 heterocycles. The fourth-order valence-electron chi connectivity index (χ4n) is 8.48. The molecule has 7 aromatic rings. The third kappa shape index (κ3) is 13.3. The Morgan fingerprint density at radius 2 is 1.71 bits per heavy atom. The lowest BCUT2D eigenvalue weighted by Gasteiger charge is -2.35. The Morgan fingerprint density at radius 3 is 2.43 bits per heavy atom. The second-order valence-corrected chi connectivity index (χ2v) is 22.0. The van der Waals surface area contributed by atoms with E-state index >= 15 is 0 Å². The summed E-state index contributed by atoms with van der Waals surface area (Å²) in [5.41, 5.74) is 14.3. The van der Waals surface area contributed by atoms with Crippen molar-refractivity contribution in [1.82, 2.24) is 45.5 Å². The van der Waals surface area contributed by atoms with Crippen molar-refractivity contribution >= 4 is 61.5 Å². The molecule has 1 aliphatic rings. The molecule has 75 heavy (non-hydrogen) atoms. The van der Waals surface area contributed by atoms with Gasteiger partial charge in [-0.2, -0.15) is 10.2 Å². The maximum Gasteiger partial charge on any atom is 0.246 e. The second kappa shape index (κ2) is 23.5. The van der Waals surface area contributed by atoms with Crippen molar-refractivity contribution in [3.8, 4) is 38.6 Å². The highest BCUT2D eigenvalue weighted by Gasteiger charge is 2.44. The van der Waals surface area contributed by atoms with Crippen LogP contribution in [0.5, 0.6) is 5.75 Å². The monoisotopic (exact) mass is 1070 g/mol. The highest BCUT2D eigenvalue weighted by molar-refractivity contribution is 7.92. The van der Waals surface area contributed by atoms with Gasteiger partial charge in [0.05, 0.1) is 77.1 Å². The number of sulfonamides is 1. The maximum atomic E-state index is 14.0. The number of ether oxygens (including phenoxy) is 3. The summed E-state index contributed by atoms with van der Waals surface area (Å²) in [6, 6.07) is 16.6. The summed E-state index contributed by atoms with van der Waals surface area (Å²) in [7, 11) is -3.66. The van der Waals surface area contributed by atoms with Crippen LogP contribution in [0.25, 0.3) is 43.7 Å². The first-order valence-corrected chi connectivity index (χ1v) is 26.8. The number of β-amino-alcohol motifs (C(OH)–C–C–N with tert-alkyl or cyclic N) is 1. The molecule has 8 rings (SSSR count). The number of aryl methyl sites for hydroxylation is 1. The number of nitrogen functional groups attached to an aromatic ring is 1. The number of thiazole rings is 1. The number of aromatic nitrogens is 6. The van der Waals surface area contributed by atoms with Crippen LogP contribution < -0.4 is 25.8 Å². The number of hydrogen-bond donors (Lipinski definition) is 6. The summed E-state index contributed by atoms with van der Waals surface area (Å²) in [4.78, 5) is 51.9. The number of aliphatic hydroxyl groups excluding tert-OH is 1. The molecule has 1 saturated heterocycles. The van der Waals surface area contributed by atoms with Gasteiger partial charge in [-0.25, -0.2) is 22.8 Å². The van der Waals surface area contributed by atoms with Crippen LogP contribution in [0, 0.1) is 18.2 Å². The van der Waals surface area contributed by atoms with Crippen LogP contribution in [-0.4, -0.2) is 123 Å². The summed E-state index contributed by atoms with van der Waals surface area (Å²) in [5.74, 6) is -1.50. The summed E-state index contributed by atoms with van der Waals surface area (Å²) in [5, 5.41) is 29.0. The molecule has 0 bridgehead atoms. The van der Waals surface area contributed by atoms with Crippen LogP contribution in [0.15, 0.2) is 90.8 Å². The Balaban J connectivity index is 0.812. The first-order chi connectivity index (χ1) is 35.9. The van der Waals surface area contributed by atoms with Gasteiger partial charge in [0.1, 0.15) is 48.4 Å². The number of halogens is 1. The van der Waals surface area contributed by atoms with Crippen LogP contribution in [0.4, 0.5) is 15.9 Å². The van der Waals surface area contributed by atoms with E-state index in [1.165, 1.54) is 24.0 Å². The maximum absolute atomic E-state index is 14.0. The number of pyridine rings is 1. The minimum atomic E-state index is -3.66. The summed E-state index contributed by atoms with van der Waals surface area (Å²) in [6.07, 6.45) is 4.28. The smallest absolute Gasteiger partial charge is 0.246 e. The summed E-state index contributed by atoms with van der Waals surface area (Å²) >= 11 is 1.56. The molecule has 0 radical (unpaired) electrons. The molecule has 3 amide bonds. The number of hydrogen-bond acceptors (Lipinski definition) is 15. The Labute approximate surface area is 437 Å². The van der Waals surface area contributed by atoms with Gasteiger partial charge < -0.3 is 40.6 Å². The molecule has 0 spiro atoms. The van der Waals surface area contributed by atoms with Gasteiger partial charge in [-0.05, 0) is 60.2 Å². The van der Waals surface area contributed by atoms with Crippen LogP contribution in [0.2, 0.25) is 0 Å². The number of likely N-dealkylation sites (tertiary alicyclic amines) is 1. The number of aliphatic hydroxyl groups is 1. The number of benzene rings is 3. The highest BCUT2D eigenvalue weighted by Crippen LogP contribution is 2.39. The van der Waals surface area contributed by atoms with Gasteiger partial charge in [0, 0.05) is 48.6 Å². The van der Waals surface area contributed by atoms with Gasteiger partial charge >= 0.3 is 0 Å². The predicted molar refractivity (Wildman–Crippen MR) is 282 cm³/mol. The summed E-state index contributed by atoms with van der Waals surface area (Å²) < 4.78 is 60.4. The zero-order chi connectivity index (χ0) is 53.4. The Hall–Kier alpha value is -7.31. The fraction of sp³-hybridized carbons (Fsp3) is 0.365. The van der Waals surface area contributed by atoms with E-state index < -0.39 is 57.2 Å². The third-order valence-corrected chi connectivity index (χ3v) is 14.8. The van der Waals surface area contributed by atoms with Crippen molar-refractivity contribution in [3.63, 3.8) is 0 Å². The SMILES string of the molecule is CCS(=O)(=O)Nc1ccc(-c2n[nH]c3c(-c4cnn(CCOCCOCC(=O)N[C@H](C(=O)N5C[C@H](O)C[C@H]5C(=O)NCc5ccc(-c6scnc6C)cc5)C(C)(C)C)c4)cnc(N)c23)cc1OCc1ccc(F)cc1. The van der Waals surface area contributed by atoms with E-state index in [-0.39, 0.29) is 75.6 Å². The van der Waals surface area contributed by atoms with Gasteiger partial charge in [-0.3, -0.25) is 28.9 Å². The second-order valence-electron chi connectivity index (χ2n) is 19.1. The van der Waals surface area contributed by atoms with Crippen LogP contribution >= 0.6 is 11.3 Å². The van der Waals surface area contributed by atoms with Crippen molar-refractivity contribution in [3.05, 3.63) is 113 Å². The van der Waals surface area contributed by atoms with E-state index in [1.54, 1.807) is 64.3 Å². The van der Waals surface area contributed by atoms with Gasteiger partial charge in [0.15, 0.2) is 0 Å². The van der Waals surface area contributed by atoms with E-state index in [2.05, 4.69) is 40.6 Å². The molecule has 0 unspecified atom stereocenters. The number of amides is 3. The highest BCUT2D eigenvalue weighted by atomic mass is 32.2. The van der Waals surface area contributed by atoms with Crippen molar-refractivity contribution in [2.24, 2.45) is 5.41 Å². The Bertz CT molecular complexity index is 3250. The van der Waals surface area contributed by atoms with Crippen molar-refractivity contribution in [2.45, 2.75) is 78.9 Å². The van der Waals surface area contributed by atoms with Crippen LogP contribution in [0.1, 0.15) is 50.9 Å². The average Bonchev–Trinajstić information content (AvgIpc) is 4.23. The molecule has 4 aromatic heterocycles. The zero-order valence-electron chi connectivity index (χ0n) is 42.1. The Morgan fingerprint density at radius 1 is 0.973 bits per heavy atom. The normalized spacial score (nSPS) is 15.3. The number of anilines is 2. The van der Waals surface area contributed by atoms with Crippen molar-refractivity contribution in [1.29, 1.82) is 0 Å². The molecule has 7 N–H and O–H groups in total. The number of nitrogens with two attached hydrogens (primary N) is 1. The van der Waals surface area contributed by atoms with E-state index in [0.29, 0.717) is 39.8 Å². The minimum absolute atomic E-state index is 0.0382. The number of carbonyl (C=O) groups is 3. The van der Waals surface area contributed by atoms with E-state index in [0.717, 1.165) is 27.3 Å². The average molecular weight is 1070 g/mol. The standard InChI is InChI=1S/C52H60FN11O9S2/c1-6-75(69,70)62-40-16-13-35(21-42(40)73-28-33-9-14-37(53)15-10-33)45-44-46(61-60-45)39(25-55-49(44)54)36-24-58-63(26-36)17-18-71-19-20-72-29-43(66)59-48(52(3,4)5)51(68)64-27-38(65)22-41(64)50(67)56-23-32-7-11-34(12-8-32)47-31(2)57-30-74-47/h7-16,21,24-26,30,38,41,48,62,65H,6,17-20,22-23,27-29H2,1-5H3,(H2,54,55)(H,56,67)(H,59,66)(H,60,61)/t38-,41+,48-/m1/s1. The van der Waals surface area contributed by atoms with Crippen LogP contribution in [-0.2, 0) is 53.6 Å². The molecular weight excluding hydrogens is 1010 g/mol. The predicted octanol–water partition coefficient (Wildman–Crippen LogP) is 5.82. The molecule has 3 aromatic carbocycles. The first kappa shape index (κ1) is 54.0. The van der Waals surface area contributed by atoms with Crippen LogP contribution in [0.3, 0.4) is 0 Å². The van der Waals surface area contributed by atoms with E-state index in [1.807, 2.05) is 58.2 Å². The topological polar surface area (TPSA) is 271 Å². The van der Waals surface area contributed by atoms with Gasteiger partial charge in [-0.1, -0.05) is 63.2 Å². The molecule has 1 fully saturated rings. The first-order valence-electron chi connectivity index (χ1n) is 24.3. The number of H-pyrrole nitrogens is 1. The lowest BCUT2D eigenvalue weighted by atomic mass is 9.85. The van der Waals surface area contributed by atoms with Gasteiger partial charge in [-0.15, -0.1) is 11.3 Å². The number of nitrogens with zero attached hydrogens (tertiary/aromatic N) is 6. The molecule has 3 atom stereocenters. The molecule has 1 aliphatic heterocycles. The molecular formula is C52H60FN11O9S2. The molecule has 0 saturated carbocycles. The third-order valence-electron chi connectivity index (χ3n) is 12.6. The molecule has 396 valence electrons. The van der Waals surface area contributed by atoms with Gasteiger partial charge in [0.2, 0.25) is 27.7 Å². The quantitative estimate of drug-likeness (QED) is 0.0437. The summed E-state index contributed by atoms with van der Waals surface area (Å²) in [6.45, 7) is 9.73. The van der Waals surface area contributed by atoms with E-state index in [9.17, 15) is 32.3 Å². The minimum Gasteiger partial charge on any atom is -0.487 e. The van der Waals surface area contributed by atoms with Crippen molar-refractivity contribution in [2.75, 3.05) is 49.2 Å². The van der Waals surface area contributed by atoms with Gasteiger partial charge in [0.25, 0.3) is 0 Å². The largest absolute Gasteiger partial charge is 0.487 e. The number of fused-ring (bicyclic) bond motifs is 1. The molecule has 0 aliphatic carbocycles. The Kier molecular flexibility index (Phi) is 16.9. The number of aromatic amines is 1. The molecule has 23 heteroatoms. The lowest BCUT2D eigenvalue weighted by molar-refractivity contribution is -0.144. The lowest BCUT2D eigenvalue weighted by Crippen LogP contribution is -2.58. The van der Waals surface area contributed by atoms with Crippen molar-refractivity contribution < 1.29 is 46.5 Å².